The predicted molar refractivity (Wildman–Crippen MR) is 117 cm³/mol. The van der Waals surface area contributed by atoms with E-state index in [9.17, 15) is 0 Å². The van der Waals surface area contributed by atoms with Crippen LogP contribution in [-0.4, -0.2) is 24.9 Å². The van der Waals surface area contributed by atoms with Crippen LogP contribution in [0.1, 0.15) is 32.0 Å². The minimum atomic E-state index is 0.374. The molecule has 9 heteroatoms. The topological polar surface area (TPSA) is 78.9 Å². The summed E-state index contributed by atoms with van der Waals surface area (Å²) in [5.41, 5.74) is 0.973. The van der Waals surface area contributed by atoms with Crippen molar-refractivity contribution >= 4 is 23.1 Å². The highest BCUT2D eigenvalue weighted by Crippen LogP contribution is 2.25. The number of rotatable bonds is 10. The highest BCUT2D eigenvalue weighted by atomic mass is 32.2. The molecule has 0 N–H and O–H groups in total. The van der Waals surface area contributed by atoms with Crippen LogP contribution in [0.2, 0.25) is 0 Å². The van der Waals surface area contributed by atoms with Gasteiger partial charge in [0.15, 0.2) is 11.0 Å². The van der Waals surface area contributed by atoms with Crippen molar-refractivity contribution in [3.05, 3.63) is 58.9 Å². The maximum atomic E-state index is 5.89. The number of thiophene rings is 1. The maximum absolute atomic E-state index is 5.89. The van der Waals surface area contributed by atoms with Gasteiger partial charge in [-0.05, 0) is 35.9 Å². The Bertz CT molecular complexity index is 1040. The van der Waals surface area contributed by atoms with Crippen LogP contribution in [0.15, 0.2) is 56.8 Å². The molecule has 156 valence electrons. The van der Waals surface area contributed by atoms with Gasteiger partial charge in [-0.3, -0.25) is 0 Å². The fraction of sp³-hybridized carbons (Fsp3) is 0.333. The smallest absolute Gasteiger partial charge is 0.237 e. The molecule has 0 amide bonds. The Balaban J connectivity index is 1.44. The van der Waals surface area contributed by atoms with Crippen LogP contribution in [0.3, 0.4) is 0 Å². The maximum Gasteiger partial charge on any atom is 0.237 e. The third-order valence-electron chi connectivity index (χ3n) is 4.41. The zero-order chi connectivity index (χ0) is 20.8. The monoisotopic (exact) mass is 441 g/mol. The number of benzene rings is 1. The fourth-order valence-electron chi connectivity index (χ4n) is 2.76. The van der Waals surface area contributed by atoms with Gasteiger partial charge in [-0.25, -0.2) is 0 Å². The number of hydrogen-bond donors (Lipinski definition) is 0. The fourth-order valence-corrected chi connectivity index (χ4v) is 4.21. The largest absolute Gasteiger partial charge is 0.486 e. The molecule has 0 atom stereocenters. The zero-order valence-corrected chi connectivity index (χ0v) is 18.5. The number of aromatic nitrogens is 5. The lowest BCUT2D eigenvalue weighted by atomic mass is 10.1. The first kappa shape index (κ1) is 20.6. The molecule has 0 spiro atoms. The van der Waals surface area contributed by atoms with Crippen molar-refractivity contribution < 1.29 is 9.26 Å². The molecule has 0 saturated heterocycles. The molecule has 0 aliphatic rings. The van der Waals surface area contributed by atoms with E-state index in [4.69, 9.17) is 9.26 Å². The average Bonchev–Trinajstić information content (AvgIpc) is 3.50. The molecule has 7 nitrogen and oxygen atoms in total. The molecule has 0 fully saturated rings. The van der Waals surface area contributed by atoms with E-state index in [1.165, 1.54) is 0 Å². The Morgan fingerprint density at radius 2 is 2.03 bits per heavy atom. The van der Waals surface area contributed by atoms with Gasteiger partial charge >= 0.3 is 0 Å². The first-order valence-electron chi connectivity index (χ1n) is 9.77. The van der Waals surface area contributed by atoms with Gasteiger partial charge < -0.3 is 13.8 Å². The van der Waals surface area contributed by atoms with Gasteiger partial charge in [0, 0.05) is 17.5 Å². The first-order chi connectivity index (χ1) is 14.7. The SMILES string of the molecule is CC(C)CCn1c(COc2ccccc2)nnc1SCc1nc(-c2ccsc2)no1. The van der Waals surface area contributed by atoms with Gasteiger partial charge in [-0.1, -0.05) is 49.0 Å². The lowest BCUT2D eigenvalue weighted by Crippen LogP contribution is -2.10. The zero-order valence-electron chi connectivity index (χ0n) is 16.9. The number of ether oxygens (including phenoxy) is 1. The molecule has 30 heavy (non-hydrogen) atoms. The van der Waals surface area contributed by atoms with Crippen LogP contribution in [0.25, 0.3) is 11.4 Å². The van der Waals surface area contributed by atoms with Crippen LogP contribution in [0.5, 0.6) is 5.75 Å². The highest BCUT2D eigenvalue weighted by molar-refractivity contribution is 7.98. The van der Waals surface area contributed by atoms with E-state index in [1.807, 2.05) is 47.2 Å². The van der Waals surface area contributed by atoms with E-state index < -0.39 is 0 Å². The van der Waals surface area contributed by atoms with Gasteiger partial charge in [0.05, 0.1) is 5.75 Å². The molecule has 4 rings (SSSR count). The Kier molecular flexibility index (Phi) is 6.81. The molecule has 3 aromatic heterocycles. The van der Waals surface area contributed by atoms with Crippen molar-refractivity contribution in [1.29, 1.82) is 0 Å². The summed E-state index contributed by atoms with van der Waals surface area (Å²) < 4.78 is 13.4. The minimum Gasteiger partial charge on any atom is -0.486 e. The summed E-state index contributed by atoms with van der Waals surface area (Å²) in [5, 5.41) is 17.7. The Morgan fingerprint density at radius 3 is 2.80 bits per heavy atom. The summed E-state index contributed by atoms with van der Waals surface area (Å²) in [7, 11) is 0. The van der Waals surface area contributed by atoms with E-state index >= 15 is 0 Å². The molecule has 0 saturated carbocycles. The van der Waals surface area contributed by atoms with E-state index in [-0.39, 0.29) is 0 Å². The molecule has 3 heterocycles. The van der Waals surface area contributed by atoms with Crippen LogP contribution >= 0.6 is 23.1 Å². The Morgan fingerprint density at radius 1 is 1.17 bits per heavy atom. The van der Waals surface area contributed by atoms with Gasteiger partial charge in [-0.15, -0.1) is 10.2 Å². The average molecular weight is 442 g/mol. The summed E-state index contributed by atoms with van der Waals surface area (Å²) in [6.45, 7) is 5.63. The molecular weight excluding hydrogens is 418 g/mol. The summed E-state index contributed by atoms with van der Waals surface area (Å²) in [5.74, 6) is 3.93. The third-order valence-corrected chi connectivity index (χ3v) is 6.04. The Hall–Kier alpha value is -2.65. The van der Waals surface area contributed by atoms with Crippen molar-refractivity contribution in [1.82, 2.24) is 24.9 Å². The van der Waals surface area contributed by atoms with Crippen LogP contribution < -0.4 is 4.74 Å². The van der Waals surface area contributed by atoms with Crippen molar-refractivity contribution in [2.24, 2.45) is 5.92 Å². The molecule has 0 unspecified atom stereocenters. The normalized spacial score (nSPS) is 11.3. The predicted octanol–water partition coefficient (Wildman–Crippen LogP) is 5.31. The second-order valence-corrected chi connectivity index (χ2v) is 8.87. The number of nitrogens with zero attached hydrogens (tertiary/aromatic N) is 5. The highest BCUT2D eigenvalue weighted by Gasteiger charge is 2.16. The van der Waals surface area contributed by atoms with E-state index in [0.29, 0.717) is 30.0 Å². The quantitative estimate of drug-likeness (QED) is 0.309. The number of thioether (sulfide) groups is 1. The van der Waals surface area contributed by atoms with Gasteiger partial charge in [0.25, 0.3) is 0 Å². The van der Waals surface area contributed by atoms with E-state index in [2.05, 4.69) is 38.8 Å². The molecule has 0 radical (unpaired) electrons. The number of hydrogen-bond acceptors (Lipinski definition) is 8. The van der Waals surface area contributed by atoms with Crippen molar-refractivity contribution in [2.45, 2.75) is 44.3 Å². The van der Waals surface area contributed by atoms with Gasteiger partial charge in [-0.2, -0.15) is 16.3 Å². The van der Waals surface area contributed by atoms with Crippen LogP contribution in [0, 0.1) is 5.92 Å². The van der Waals surface area contributed by atoms with E-state index in [1.54, 1.807) is 23.1 Å². The van der Waals surface area contributed by atoms with Gasteiger partial charge in [0.2, 0.25) is 11.7 Å². The second kappa shape index (κ2) is 9.90. The molecule has 4 aromatic rings. The summed E-state index contributed by atoms with van der Waals surface area (Å²) in [6, 6.07) is 11.7. The molecular formula is C21H23N5O2S2. The molecule has 0 bridgehead atoms. The standard InChI is InChI=1S/C21H23N5O2S2/c1-15(2)8-10-26-18(12-27-17-6-4-3-5-7-17)23-24-21(26)30-14-19-22-20(25-28-19)16-9-11-29-13-16/h3-7,9,11,13,15H,8,10,12,14H2,1-2H3. The van der Waals surface area contributed by atoms with Crippen molar-refractivity contribution in [2.75, 3.05) is 0 Å². The van der Waals surface area contributed by atoms with Crippen molar-refractivity contribution in [3.8, 4) is 17.1 Å². The van der Waals surface area contributed by atoms with Crippen LogP contribution in [-0.2, 0) is 18.9 Å². The van der Waals surface area contributed by atoms with Crippen LogP contribution in [0.4, 0.5) is 0 Å². The second-order valence-electron chi connectivity index (χ2n) is 7.15. The summed E-state index contributed by atoms with van der Waals surface area (Å²) >= 11 is 3.15. The summed E-state index contributed by atoms with van der Waals surface area (Å²) in [6.07, 6.45) is 1.03. The Labute approximate surface area is 183 Å². The lowest BCUT2D eigenvalue weighted by molar-refractivity contribution is 0.285. The third kappa shape index (κ3) is 5.28. The van der Waals surface area contributed by atoms with Crippen molar-refractivity contribution in [3.63, 3.8) is 0 Å². The number of para-hydroxylation sites is 1. The van der Waals surface area contributed by atoms with E-state index in [0.717, 1.165) is 35.3 Å². The first-order valence-corrected chi connectivity index (χ1v) is 11.7. The van der Waals surface area contributed by atoms with Gasteiger partial charge in [0.1, 0.15) is 12.4 Å². The minimum absolute atomic E-state index is 0.374. The molecule has 0 aliphatic carbocycles. The summed E-state index contributed by atoms with van der Waals surface area (Å²) in [4.78, 5) is 4.48. The molecule has 1 aromatic carbocycles. The molecule has 0 aliphatic heterocycles. The lowest BCUT2D eigenvalue weighted by Gasteiger charge is -2.12.